The van der Waals surface area contributed by atoms with Crippen LogP contribution in [-0.2, 0) is 4.79 Å². The molecule has 0 unspecified atom stereocenters. The number of aliphatic carboxylic acids is 1. The topological polar surface area (TPSA) is 49.3 Å². The third-order valence-electron chi connectivity index (χ3n) is 2.08. The van der Waals surface area contributed by atoms with E-state index in [2.05, 4.69) is 30.6 Å². The van der Waals surface area contributed by atoms with Crippen molar-refractivity contribution in [2.45, 2.75) is 30.9 Å². The maximum absolute atomic E-state index is 10.7. The predicted molar refractivity (Wildman–Crippen MR) is 60.6 cm³/mol. The fourth-order valence-corrected chi connectivity index (χ4v) is 1.16. The minimum atomic E-state index is -0.835. The molecule has 0 aliphatic heterocycles. The van der Waals surface area contributed by atoms with E-state index >= 15 is 0 Å². The molecule has 0 rings (SSSR count). The highest BCUT2D eigenvalue weighted by Gasteiger charge is 2.30. The minimum absolute atomic E-state index is 0.123. The molecule has 13 heavy (non-hydrogen) atoms. The van der Waals surface area contributed by atoms with Crippen molar-refractivity contribution in [3.63, 3.8) is 0 Å². The van der Waals surface area contributed by atoms with Crippen LogP contribution in [0.4, 0.5) is 0 Å². The fourth-order valence-electron chi connectivity index (χ4n) is 0.944. The molecule has 0 radical (unpaired) electrons. The van der Waals surface area contributed by atoms with Gasteiger partial charge in [-0.3, -0.25) is 4.79 Å². The summed E-state index contributed by atoms with van der Waals surface area (Å²) < 4.78 is -0.123. The molecular weight excluding hydrogens is 206 g/mol. The summed E-state index contributed by atoms with van der Waals surface area (Å²) in [6.45, 7) is 3.90. The SMILES string of the molecule is CN[C@@H](CC(C)(C)C(S)S)C(=O)O. The smallest absolute Gasteiger partial charge is 0.320 e. The Labute approximate surface area is 90.1 Å². The Balaban J connectivity index is 4.30. The quantitative estimate of drug-likeness (QED) is 0.419. The van der Waals surface area contributed by atoms with Gasteiger partial charge in [-0.15, -0.1) is 0 Å². The maximum Gasteiger partial charge on any atom is 0.320 e. The molecule has 0 aliphatic carbocycles. The lowest BCUT2D eigenvalue weighted by Gasteiger charge is -2.30. The van der Waals surface area contributed by atoms with Crippen LogP contribution in [0.15, 0.2) is 0 Å². The number of thiol groups is 2. The number of carboxylic acids is 1. The van der Waals surface area contributed by atoms with Crippen molar-refractivity contribution in [3.8, 4) is 0 Å². The summed E-state index contributed by atoms with van der Waals surface area (Å²) in [7, 11) is 1.64. The first-order valence-electron chi connectivity index (χ1n) is 4.07. The highest BCUT2D eigenvalue weighted by molar-refractivity contribution is 7.99. The van der Waals surface area contributed by atoms with Crippen LogP contribution < -0.4 is 5.32 Å². The van der Waals surface area contributed by atoms with Gasteiger partial charge in [0.25, 0.3) is 0 Å². The molecule has 0 aromatic carbocycles. The summed E-state index contributed by atoms with van der Waals surface area (Å²) >= 11 is 8.41. The molecule has 0 saturated heterocycles. The van der Waals surface area contributed by atoms with E-state index in [1.807, 2.05) is 13.8 Å². The summed E-state index contributed by atoms with van der Waals surface area (Å²) in [5, 5.41) is 11.6. The van der Waals surface area contributed by atoms with Gasteiger partial charge in [0.15, 0.2) is 0 Å². The Morgan fingerprint density at radius 1 is 1.54 bits per heavy atom. The molecule has 2 N–H and O–H groups in total. The number of nitrogens with one attached hydrogen (secondary N) is 1. The van der Waals surface area contributed by atoms with Gasteiger partial charge in [-0.25, -0.2) is 0 Å². The van der Waals surface area contributed by atoms with Crippen molar-refractivity contribution in [3.05, 3.63) is 0 Å². The minimum Gasteiger partial charge on any atom is -0.480 e. The van der Waals surface area contributed by atoms with Gasteiger partial charge in [-0.2, -0.15) is 25.3 Å². The van der Waals surface area contributed by atoms with E-state index in [0.29, 0.717) is 6.42 Å². The lowest BCUT2D eigenvalue weighted by atomic mass is 9.87. The molecule has 0 heterocycles. The van der Waals surface area contributed by atoms with Gasteiger partial charge in [-0.1, -0.05) is 13.8 Å². The van der Waals surface area contributed by atoms with Crippen LogP contribution in [0.5, 0.6) is 0 Å². The first kappa shape index (κ1) is 13.1. The molecule has 5 heteroatoms. The summed E-state index contributed by atoms with van der Waals surface area (Å²) in [5.74, 6) is -0.835. The van der Waals surface area contributed by atoms with Crippen molar-refractivity contribution in [1.29, 1.82) is 0 Å². The van der Waals surface area contributed by atoms with E-state index in [4.69, 9.17) is 5.11 Å². The molecular formula is C8H17NO2S2. The summed E-state index contributed by atoms with van der Waals surface area (Å²) in [5.41, 5.74) is -0.210. The molecule has 3 nitrogen and oxygen atoms in total. The van der Waals surface area contributed by atoms with E-state index in [9.17, 15) is 4.79 Å². The number of rotatable bonds is 5. The number of likely N-dealkylation sites (N-methyl/N-ethyl adjacent to an activating group) is 1. The summed E-state index contributed by atoms with van der Waals surface area (Å²) in [4.78, 5) is 10.7. The van der Waals surface area contributed by atoms with Crippen LogP contribution >= 0.6 is 25.3 Å². The van der Waals surface area contributed by atoms with Gasteiger partial charge in [0.2, 0.25) is 0 Å². The predicted octanol–water partition coefficient (Wildman–Crippen LogP) is 1.26. The normalized spacial score (nSPS) is 14.6. The molecule has 0 fully saturated rings. The molecule has 0 bridgehead atoms. The Bertz CT molecular complexity index is 183. The zero-order valence-electron chi connectivity index (χ0n) is 8.11. The van der Waals surface area contributed by atoms with Gasteiger partial charge >= 0.3 is 5.97 Å². The largest absolute Gasteiger partial charge is 0.480 e. The van der Waals surface area contributed by atoms with E-state index < -0.39 is 12.0 Å². The van der Waals surface area contributed by atoms with Crippen molar-refractivity contribution in [2.75, 3.05) is 7.05 Å². The van der Waals surface area contributed by atoms with Gasteiger partial charge in [0, 0.05) is 4.58 Å². The standard InChI is InChI=1S/C8H17NO2S2/c1-8(2,7(12)13)4-5(9-3)6(10)11/h5,7,9,12-13H,4H2,1-3H3,(H,10,11)/t5-/m0/s1. The Morgan fingerprint density at radius 2 is 2.00 bits per heavy atom. The molecule has 0 saturated carbocycles. The number of hydrogen-bond donors (Lipinski definition) is 4. The zero-order chi connectivity index (χ0) is 10.6. The van der Waals surface area contributed by atoms with Gasteiger partial charge in [0.1, 0.15) is 6.04 Å². The highest BCUT2D eigenvalue weighted by Crippen LogP contribution is 2.32. The van der Waals surface area contributed by atoms with Crippen molar-refractivity contribution in [2.24, 2.45) is 5.41 Å². The second-order valence-corrected chi connectivity index (χ2v) is 5.19. The zero-order valence-corrected chi connectivity index (χ0v) is 9.90. The molecule has 0 aliphatic rings. The summed E-state index contributed by atoms with van der Waals surface area (Å²) in [6, 6.07) is -0.531. The average molecular weight is 223 g/mol. The Morgan fingerprint density at radius 3 is 2.23 bits per heavy atom. The van der Waals surface area contributed by atoms with E-state index in [0.717, 1.165) is 0 Å². The van der Waals surface area contributed by atoms with Crippen LogP contribution in [0.1, 0.15) is 20.3 Å². The Hall–Kier alpha value is 0.130. The highest BCUT2D eigenvalue weighted by atomic mass is 32.2. The van der Waals surface area contributed by atoms with Crippen molar-refractivity contribution < 1.29 is 9.90 Å². The number of carbonyl (C=O) groups is 1. The van der Waals surface area contributed by atoms with Gasteiger partial charge in [0.05, 0.1) is 0 Å². The third-order valence-corrected chi connectivity index (χ3v) is 3.47. The van der Waals surface area contributed by atoms with Crippen LogP contribution in [0, 0.1) is 5.41 Å². The van der Waals surface area contributed by atoms with Crippen LogP contribution in [0.25, 0.3) is 0 Å². The first-order chi connectivity index (χ1) is 5.81. The first-order valence-corrected chi connectivity index (χ1v) is 5.10. The second kappa shape index (κ2) is 5.12. The summed E-state index contributed by atoms with van der Waals surface area (Å²) in [6.07, 6.45) is 0.510. The van der Waals surface area contributed by atoms with E-state index in [-0.39, 0.29) is 10.00 Å². The van der Waals surface area contributed by atoms with Crippen LogP contribution in [-0.4, -0.2) is 28.7 Å². The van der Waals surface area contributed by atoms with E-state index in [1.54, 1.807) is 7.05 Å². The molecule has 0 spiro atoms. The van der Waals surface area contributed by atoms with Crippen LogP contribution in [0.3, 0.4) is 0 Å². The van der Waals surface area contributed by atoms with E-state index in [1.165, 1.54) is 0 Å². The van der Waals surface area contributed by atoms with Crippen molar-refractivity contribution >= 4 is 31.2 Å². The monoisotopic (exact) mass is 223 g/mol. The molecule has 0 aromatic rings. The second-order valence-electron chi connectivity index (χ2n) is 3.75. The Kier molecular flexibility index (Phi) is 5.17. The average Bonchev–Trinajstić information content (AvgIpc) is 1.99. The molecule has 78 valence electrons. The molecule has 1 atom stereocenters. The lowest BCUT2D eigenvalue weighted by molar-refractivity contribution is -0.140. The van der Waals surface area contributed by atoms with Gasteiger partial charge in [-0.05, 0) is 18.9 Å². The number of carboxylic acid groups (broad SMARTS) is 1. The molecule has 0 aromatic heterocycles. The molecule has 0 amide bonds. The van der Waals surface area contributed by atoms with Crippen LogP contribution in [0.2, 0.25) is 0 Å². The number of hydrogen-bond acceptors (Lipinski definition) is 4. The fraction of sp³-hybridized carbons (Fsp3) is 0.875. The third kappa shape index (κ3) is 4.24. The lowest BCUT2D eigenvalue weighted by Crippen LogP contribution is -2.39. The maximum atomic E-state index is 10.7. The van der Waals surface area contributed by atoms with Crippen molar-refractivity contribution in [1.82, 2.24) is 5.32 Å². The van der Waals surface area contributed by atoms with Gasteiger partial charge < -0.3 is 10.4 Å².